The Bertz CT molecular complexity index is 607. The average Bonchev–Trinajstić information content (AvgIpc) is 2.42. The molecule has 0 aliphatic carbocycles. The number of thiocarbonyl (C=S) groups is 1. The van der Waals surface area contributed by atoms with Crippen LogP contribution >= 0.6 is 12.2 Å². The number of nitrogens with one attached hydrogen (secondary N) is 1. The van der Waals surface area contributed by atoms with Crippen LogP contribution in [0.1, 0.15) is 23.3 Å². The molecule has 1 heterocycles. The van der Waals surface area contributed by atoms with Gasteiger partial charge in [0.15, 0.2) is 0 Å². The van der Waals surface area contributed by atoms with Crippen molar-refractivity contribution in [2.75, 3.05) is 6.54 Å². The van der Waals surface area contributed by atoms with E-state index >= 15 is 0 Å². The molecule has 3 N–H and O–H groups in total. The van der Waals surface area contributed by atoms with E-state index in [1.165, 1.54) is 0 Å². The molecule has 0 aliphatic heterocycles. The first-order chi connectivity index (χ1) is 9.18. The molecule has 19 heavy (non-hydrogen) atoms. The van der Waals surface area contributed by atoms with Crippen LogP contribution in [0.4, 0.5) is 0 Å². The van der Waals surface area contributed by atoms with Crippen LogP contribution in [0.15, 0.2) is 36.5 Å². The quantitative estimate of drug-likeness (QED) is 0.646. The lowest BCUT2D eigenvalue weighted by molar-refractivity contribution is 0.0950. The first-order valence-corrected chi connectivity index (χ1v) is 6.49. The Morgan fingerprint density at radius 1 is 1.32 bits per heavy atom. The zero-order valence-electron chi connectivity index (χ0n) is 10.4. The summed E-state index contributed by atoms with van der Waals surface area (Å²) in [6.07, 6.45) is 3.02. The molecule has 0 aliphatic rings. The number of aromatic nitrogens is 1. The smallest absolute Gasteiger partial charge is 0.270 e. The van der Waals surface area contributed by atoms with Crippen LogP contribution in [0.2, 0.25) is 0 Å². The second-order valence-corrected chi connectivity index (χ2v) is 4.73. The third kappa shape index (κ3) is 3.48. The number of rotatable bonds is 5. The van der Waals surface area contributed by atoms with Gasteiger partial charge in [-0.2, -0.15) is 0 Å². The molecule has 0 fully saturated rings. The standard InChI is InChI=1S/C14H15N3OS/c15-12(19)6-3-8-17-14(18)13-11-5-2-1-4-10(11)7-9-16-13/h1-2,4-5,7,9H,3,6,8H2,(H2,15,19)(H,17,18). The Labute approximate surface area is 117 Å². The molecule has 1 aromatic heterocycles. The minimum atomic E-state index is -0.167. The van der Waals surface area contributed by atoms with Crippen LogP contribution in [-0.4, -0.2) is 22.4 Å². The summed E-state index contributed by atoms with van der Waals surface area (Å²) in [5.74, 6) is -0.167. The number of carbonyl (C=O) groups is 1. The predicted octanol–water partition coefficient (Wildman–Crippen LogP) is 2.03. The number of carbonyl (C=O) groups excluding carboxylic acids is 1. The molecule has 2 aromatic rings. The van der Waals surface area contributed by atoms with E-state index in [0.717, 1.165) is 17.2 Å². The van der Waals surface area contributed by atoms with E-state index in [1.54, 1.807) is 6.20 Å². The van der Waals surface area contributed by atoms with Crippen molar-refractivity contribution in [2.45, 2.75) is 12.8 Å². The molecule has 1 aromatic carbocycles. The highest BCUT2D eigenvalue weighted by molar-refractivity contribution is 7.80. The van der Waals surface area contributed by atoms with E-state index in [2.05, 4.69) is 10.3 Å². The number of amides is 1. The second kappa shape index (κ2) is 6.24. The maximum atomic E-state index is 12.1. The van der Waals surface area contributed by atoms with Crippen molar-refractivity contribution in [3.8, 4) is 0 Å². The third-order valence-electron chi connectivity index (χ3n) is 2.77. The fraction of sp³-hybridized carbons (Fsp3) is 0.214. The molecule has 0 radical (unpaired) electrons. The first kappa shape index (κ1) is 13.4. The van der Waals surface area contributed by atoms with Crippen molar-refractivity contribution in [1.29, 1.82) is 0 Å². The van der Waals surface area contributed by atoms with Crippen molar-refractivity contribution in [3.63, 3.8) is 0 Å². The number of benzene rings is 1. The molecule has 0 saturated heterocycles. The summed E-state index contributed by atoms with van der Waals surface area (Å²) in [6, 6.07) is 9.58. The van der Waals surface area contributed by atoms with Gasteiger partial charge in [-0.25, -0.2) is 0 Å². The normalized spacial score (nSPS) is 10.3. The van der Waals surface area contributed by atoms with Gasteiger partial charge in [-0.15, -0.1) is 0 Å². The van der Waals surface area contributed by atoms with Gasteiger partial charge >= 0.3 is 0 Å². The fourth-order valence-electron chi connectivity index (χ4n) is 1.85. The van der Waals surface area contributed by atoms with Crippen LogP contribution < -0.4 is 11.1 Å². The number of hydrogen-bond acceptors (Lipinski definition) is 3. The maximum absolute atomic E-state index is 12.1. The minimum Gasteiger partial charge on any atom is -0.393 e. The monoisotopic (exact) mass is 273 g/mol. The number of nitrogens with zero attached hydrogens (tertiary/aromatic N) is 1. The lowest BCUT2D eigenvalue weighted by atomic mass is 10.1. The van der Waals surface area contributed by atoms with Crippen molar-refractivity contribution in [1.82, 2.24) is 10.3 Å². The van der Waals surface area contributed by atoms with E-state index in [0.29, 0.717) is 23.6 Å². The van der Waals surface area contributed by atoms with Gasteiger partial charge < -0.3 is 11.1 Å². The first-order valence-electron chi connectivity index (χ1n) is 6.09. The van der Waals surface area contributed by atoms with Crippen LogP contribution in [-0.2, 0) is 0 Å². The lowest BCUT2D eigenvalue weighted by Crippen LogP contribution is -2.26. The fourth-order valence-corrected chi connectivity index (χ4v) is 1.99. The van der Waals surface area contributed by atoms with Gasteiger partial charge in [0.25, 0.3) is 5.91 Å². The molecule has 2 rings (SSSR count). The van der Waals surface area contributed by atoms with Gasteiger partial charge in [0, 0.05) is 18.1 Å². The van der Waals surface area contributed by atoms with E-state index in [-0.39, 0.29) is 5.91 Å². The molecule has 0 atom stereocenters. The second-order valence-electron chi connectivity index (χ2n) is 4.21. The Morgan fingerprint density at radius 3 is 2.89 bits per heavy atom. The van der Waals surface area contributed by atoms with Crippen molar-refractivity contribution in [3.05, 3.63) is 42.2 Å². The minimum absolute atomic E-state index is 0.167. The van der Waals surface area contributed by atoms with Gasteiger partial charge in [-0.1, -0.05) is 36.5 Å². The number of fused-ring (bicyclic) bond motifs is 1. The van der Waals surface area contributed by atoms with Crippen LogP contribution in [0, 0.1) is 0 Å². The molecule has 0 saturated carbocycles. The summed E-state index contributed by atoms with van der Waals surface area (Å²) in [4.78, 5) is 16.7. The zero-order chi connectivity index (χ0) is 13.7. The lowest BCUT2D eigenvalue weighted by Gasteiger charge is -2.06. The zero-order valence-corrected chi connectivity index (χ0v) is 11.2. The van der Waals surface area contributed by atoms with Gasteiger partial charge in [-0.05, 0) is 24.3 Å². The van der Waals surface area contributed by atoms with Crippen LogP contribution in [0.25, 0.3) is 10.8 Å². The molecule has 1 amide bonds. The summed E-state index contributed by atoms with van der Waals surface area (Å²) < 4.78 is 0. The Hall–Kier alpha value is -2.01. The number of nitrogens with two attached hydrogens (primary N) is 1. The average molecular weight is 273 g/mol. The van der Waals surface area contributed by atoms with Crippen molar-refractivity contribution >= 4 is 33.9 Å². The van der Waals surface area contributed by atoms with Gasteiger partial charge in [0.2, 0.25) is 0 Å². The largest absolute Gasteiger partial charge is 0.393 e. The van der Waals surface area contributed by atoms with E-state index in [4.69, 9.17) is 18.0 Å². The summed E-state index contributed by atoms with van der Waals surface area (Å²) in [5.41, 5.74) is 5.85. The molecule has 0 spiro atoms. The van der Waals surface area contributed by atoms with Crippen LogP contribution in [0.5, 0.6) is 0 Å². The third-order valence-corrected chi connectivity index (χ3v) is 2.98. The summed E-state index contributed by atoms with van der Waals surface area (Å²) >= 11 is 4.78. The Balaban J connectivity index is 2.07. The van der Waals surface area contributed by atoms with Crippen molar-refractivity contribution < 1.29 is 4.79 Å². The number of pyridine rings is 1. The summed E-state index contributed by atoms with van der Waals surface area (Å²) in [5, 5.41) is 4.69. The highest BCUT2D eigenvalue weighted by Gasteiger charge is 2.10. The molecule has 0 unspecified atom stereocenters. The number of hydrogen-bond donors (Lipinski definition) is 2. The highest BCUT2D eigenvalue weighted by atomic mass is 32.1. The molecular weight excluding hydrogens is 258 g/mol. The van der Waals surface area contributed by atoms with Gasteiger partial charge in [-0.3, -0.25) is 9.78 Å². The van der Waals surface area contributed by atoms with E-state index in [1.807, 2.05) is 30.3 Å². The Morgan fingerprint density at radius 2 is 2.11 bits per heavy atom. The molecule has 98 valence electrons. The molecule has 4 nitrogen and oxygen atoms in total. The van der Waals surface area contributed by atoms with Gasteiger partial charge in [0.05, 0.1) is 4.99 Å². The van der Waals surface area contributed by atoms with Crippen molar-refractivity contribution in [2.24, 2.45) is 5.73 Å². The summed E-state index contributed by atoms with van der Waals surface area (Å²) in [6.45, 7) is 0.543. The predicted molar refractivity (Wildman–Crippen MR) is 80.1 cm³/mol. The van der Waals surface area contributed by atoms with E-state index in [9.17, 15) is 4.79 Å². The summed E-state index contributed by atoms with van der Waals surface area (Å²) in [7, 11) is 0. The van der Waals surface area contributed by atoms with E-state index < -0.39 is 0 Å². The SMILES string of the molecule is NC(=S)CCCNC(=O)c1nccc2ccccc12. The Kier molecular flexibility index (Phi) is 4.41. The molecular formula is C14H15N3OS. The van der Waals surface area contributed by atoms with Crippen LogP contribution in [0.3, 0.4) is 0 Å². The molecule has 5 heteroatoms. The highest BCUT2D eigenvalue weighted by Crippen LogP contribution is 2.15. The van der Waals surface area contributed by atoms with Gasteiger partial charge in [0.1, 0.15) is 5.69 Å². The topological polar surface area (TPSA) is 68.0 Å². The molecule has 0 bridgehead atoms. The maximum Gasteiger partial charge on any atom is 0.270 e.